The van der Waals surface area contributed by atoms with Crippen LogP contribution in [0.3, 0.4) is 0 Å². The highest BCUT2D eigenvalue weighted by atomic mass is 28.3. The molecule has 0 fully saturated rings. The Balaban J connectivity index is 2.15. The molecule has 180 valence electrons. The summed E-state index contributed by atoms with van der Waals surface area (Å²) in [4.78, 5) is 4.86. The number of methoxy groups -OCH3 is 1. The molecule has 3 aromatic carbocycles. The van der Waals surface area contributed by atoms with Gasteiger partial charge in [0, 0.05) is 22.9 Å². The third-order valence-electron chi connectivity index (χ3n) is 7.26. The van der Waals surface area contributed by atoms with Crippen molar-refractivity contribution < 1.29 is 9.84 Å². The van der Waals surface area contributed by atoms with Gasteiger partial charge >= 0.3 is 0 Å². The summed E-state index contributed by atoms with van der Waals surface area (Å²) in [5, 5.41) is 12.7. The van der Waals surface area contributed by atoms with E-state index in [1.165, 1.54) is 0 Å². The smallest absolute Gasteiger partial charge is 0.126 e. The summed E-state index contributed by atoms with van der Waals surface area (Å²) in [6.07, 6.45) is 1.82. The van der Waals surface area contributed by atoms with Gasteiger partial charge in [0.15, 0.2) is 0 Å². The zero-order valence-electron chi connectivity index (χ0n) is 21.9. The van der Waals surface area contributed by atoms with Gasteiger partial charge in [-0.2, -0.15) is 0 Å². The van der Waals surface area contributed by atoms with Crippen molar-refractivity contribution in [1.29, 1.82) is 0 Å². The molecule has 0 aliphatic rings. The molecule has 0 spiro atoms. The number of phenols is 1. The van der Waals surface area contributed by atoms with E-state index in [0.29, 0.717) is 22.4 Å². The van der Waals surface area contributed by atoms with Crippen molar-refractivity contribution in [2.45, 2.75) is 65.1 Å². The van der Waals surface area contributed by atoms with Crippen molar-refractivity contribution in [3.63, 3.8) is 0 Å². The van der Waals surface area contributed by atoms with E-state index in [-0.39, 0.29) is 0 Å². The number of rotatable bonds is 8. The first-order valence-electron chi connectivity index (χ1n) is 12.2. The summed E-state index contributed by atoms with van der Waals surface area (Å²) in [7, 11) is -0.338. The number of ether oxygens (including phenoxy) is 1. The third-order valence-corrected chi connectivity index (χ3v) is 14.3. The van der Waals surface area contributed by atoms with Gasteiger partial charge in [-0.3, -0.25) is 4.99 Å². The number of aromatic hydroxyl groups is 1. The first kappa shape index (κ1) is 25.8. The lowest BCUT2D eigenvalue weighted by Crippen LogP contribution is -2.55. The zero-order chi connectivity index (χ0) is 25.0. The molecule has 0 aliphatic carbocycles. The Morgan fingerprint density at radius 2 is 1.38 bits per heavy atom. The van der Waals surface area contributed by atoms with E-state index < -0.39 is 8.07 Å². The van der Waals surface area contributed by atoms with Gasteiger partial charge < -0.3 is 9.84 Å². The minimum Gasteiger partial charge on any atom is -0.507 e. The number of aliphatic imine (C=N–C) groups is 1. The van der Waals surface area contributed by atoms with Gasteiger partial charge in [0.25, 0.3) is 0 Å². The van der Waals surface area contributed by atoms with Crippen LogP contribution in [-0.4, -0.2) is 26.5 Å². The molecular weight excluding hydrogens is 434 g/mol. The molecule has 0 radical (unpaired) electrons. The molecule has 1 N–H and O–H groups in total. The Morgan fingerprint density at radius 1 is 0.824 bits per heavy atom. The van der Waals surface area contributed by atoms with Crippen molar-refractivity contribution in [2.75, 3.05) is 7.11 Å². The molecule has 0 atom stereocenters. The Hall–Kier alpha value is -2.85. The van der Waals surface area contributed by atoms with Gasteiger partial charge in [-0.25, -0.2) is 0 Å². The largest absolute Gasteiger partial charge is 0.507 e. The lowest BCUT2D eigenvalue weighted by molar-refractivity contribution is 0.416. The van der Waals surface area contributed by atoms with E-state index in [0.717, 1.165) is 38.9 Å². The molecule has 0 aromatic heterocycles. The molecule has 0 saturated heterocycles. The zero-order valence-corrected chi connectivity index (χ0v) is 22.9. The summed E-state index contributed by atoms with van der Waals surface area (Å²) in [5.41, 5.74) is 6.31. The van der Waals surface area contributed by atoms with Gasteiger partial charge in [-0.1, -0.05) is 89.6 Å². The second-order valence-electron chi connectivity index (χ2n) is 10.1. The van der Waals surface area contributed by atoms with E-state index in [4.69, 9.17) is 9.73 Å². The van der Waals surface area contributed by atoms with Crippen LogP contribution in [0.25, 0.3) is 11.1 Å². The van der Waals surface area contributed by atoms with Crippen molar-refractivity contribution >= 4 is 25.2 Å². The lowest BCUT2D eigenvalue weighted by atomic mass is 10.0. The molecule has 0 saturated carbocycles. The van der Waals surface area contributed by atoms with Crippen LogP contribution in [0.2, 0.25) is 16.6 Å². The number of benzene rings is 3. The number of aryl methyl sites for hydroxylation is 1. The first-order valence-corrected chi connectivity index (χ1v) is 14.5. The summed E-state index contributed by atoms with van der Waals surface area (Å²) in [5.74, 6) is 1.21. The number of phenolic OH excluding ortho intramolecular Hbond substituents is 1. The summed E-state index contributed by atoms with van der Waals surface area (Å²) < 4.78 is 5.59. The van der Waals surface area contributed by atoms with Crippen LogP contribution in [0.5, 0.6) is 11.5 Å². The Kier molecular flexibility index (Phi) is 8.03. The van der Waals surface area contributed by atoms with Crippen LogP contribution in [0.1, 0.15) is 52.7 Å². The van der Waals surface area contributed by atoms with E-state index in [1.54, 1.807) is 7.11 Å². The third kappa shape index (κ3) is 4.69. The molecule has 0 aliphatic heterocycles. The predicted octanol–water partition coefficient (Wildman–Crippen LogP) is 8.01. The lowest BCUT2D eigenvalue weighted by Gasteiger charge is -2.44. The summed E-state index contributed by atoms with van der Waals surface area (Å²) in [6.45, 7) is 16.1. The van der Waals surface area contributed by atoms with Gasteiger partial charge in [-0.15, -0.1) is 0 Å². The summed E-state index contributed by atoms with van der Waals surface area (Å²) in [6, 6.07) is 20.3. The number of hydrogen-bond donors (Lipinski definition) is 1. The van der Waals surface area contributed by atoms with E-state index in [1.807, 2.05) is 54.7 Å². The Labute approximate surface area is 206 Å². The SMILES string of the molecule is COc1ccccc1-c1ccccc1N=Cc1cc(C)cc([Si](C(C)C)(C(C)C)C(C)C)c1O. The minimum atomic E-state index is -2.02. The van der Waals surface area contributed by atoms with Crippen LogP contribution in [0, 0.1) is 6.92 Å². The first-order chi connectivity index (χ1) is 16.1. The van der Waals surface area contributed by atoms with Crippen LogP contribution in [0.4, 0.5) is 5.69 Å². The second kappa shape index (κ2) is 10.6. The fraction of sp³-hybridized carbons (Fsp3) is 0.367. The molecule has 0 heterocycles. The predicted molar refractivity (Wildman–Crippen MR) is 149 cm³/mol. The van der Waals surface area contributed by atoms with Gasteiger partial charge in [0.2, 0.25) is 0 Å². The molecule has 3 nitrogen and oxygen atoms in total. The van der Waals surface area contributed by atoms with Crippen LogP contribution >= 0.6 is 0 Å². The fourth-order valence-electron chi connectivity index (χ4n) is 5.99. The van der Waals surface area contributed by atoms with Gasteiger partial charge in [0.1, 0.15) is 11.5 Å². The molecule has 0 amide bonds. The molecule has 3 rings (SSSR count). The molecule has 34 heavy (non-hydrogen) atoms. The van der Waals surface area contributed by atoms with E-state index in [9.17, 15) is 5.11 Å². The second-order valence-corrected chi connectivity index (χ2v) is 16.0. The highest BCUT2D eigenvalue weighted by Crippen LogP contribution is 2.43. The van der Waals surface area contributed by atoms with Crippen LogP contribution in [0.15, 0.2) is 65.7 Å². The maximum Gasteiger partial charge on any atom is 0.126 e. The molecular formula is C30H39NO2Si. The Morgan fingerprint density at radius 3 is 1.97 bits per heavy atom. The van der Waals surface area contributed by atoms with Gasteiger partial charge in [-0.05, 0) is 46.9 Å². The highest BCUT2D eigenvalue weighted by molar-refractivity contribution is 6.95. The van der Waals surface area contributed by atoms with Crippen molar-refractivity contribution in [1.82, 2.24) is 0 Å². The van der Waals surface area contributed by atoms with Crippen LogP contribution < -0.4 is 9.92 Å². The molecule has 0 bridgehead atoms. The standard InChI is InChI=1S/C30H39NO2Si/c1-20(2)34(21(3)4,22(5)6)29-18-23(7)17-24(30(29)32)19-31-27-15-11-9-13-25(27)26-14-10-12-16-28(26)33-8/h9-22,32H,1-8H3. The van der Waals surface area contributed by atoms with Gasteiger partial charge in [0.05, 0.1) is 20.9 Å². The Bertz CT molecular complexity index is 1140. The quantitative estimate of drug-likeness (QED) is 0.266. The monoisotopic (exact) mass is 473 g/mol. The average Bonchev–Trinajstić information content (AvgIpc) is 2.80. The van der Waals surface area contributed by atoms with Crippen LogP contribution in [-0.2, 0) is 0 Å². The normalized spacial score (nSPS) is 12.3. The van der Waals surface area contributed by atoms with E-state index in [2.05, 4.69) is 60.6 Å². The maximum atomic E-state index is 11.6. The molecule has 3 aromatic rings. The fourth-order valence-corrected chi connectivity index (χ4v) is 12.9. The summed E-state index contributed by atoms with van der Waals surface area (Å²) >= 11 is 0. The number of nitrogens with zero attached hydrogens (tertiary/aromatic N) is 1. The average molecular weight is 474 g/mol. The van der Waals surface area contributed by atoms with E-state index >= 15 is 0 Å². The van der Waals surface area contributed by atoms with Crippen molar-refractivity contribution in [2.24, 2.45) is 4.99 Å². The number of para-hydroxylation sites is 2. The minimum absolute atomic E-state index is 0.395. The van der Waals surface area contributed by atoms with Crippen molar-refractivity contribution in [3.05, 3.63) is 71.8 Å². The number of hydrogen-bond acceptors (Lipinski definition) is 3. The van der Waals surface area contributed by atoms with Crippen molar-refractivity contribution in [3.8, 4) is 22.6 Å². The highest BCUT2D eigenvalue weighted by Gasteiger charge is 2.46. The maximum absolute atomic E-state index is 11.6. The molecule has 4 heteroatoms. The topological polar surface area (TPSA) is 41.8 Å². The molecule has 0 unspecified atom stereocenters.